The molecule has 17 heavy (non-hydrogen) atoms. The Kier molecular flexibility index (Phi) is 4.06. The lowest BCUT2D eigenvalue weighted by Gasteiger charge is -2.04. The van der Waals surface area contributed by atoms with Gasteiger partial charge >= 0.3 is 0 Å². The molecular weight excluding hydrogens is 260 g/mol. The van der Waals surface area contributed by atoms with Crippen molar-refractivity contribution in [2.45, 2.75) is 24.0 Å². The second-order valence-corrected chi connectivity index (χ2v) is 5.31. The molecule has 0 radical (unpaired) electrons. The molecule has 1 aromatic rings. The molecule has 0 atom stereocenters. The van der Waals surface area contributed by atoms with Crippen LogP contribution in [0.15, 0.2) is 23.1 Å². The van der Waals surface area contributed by atoms with Gasteiger partial charge in [-0.1, -0.05) is 29.9 Å². The van der Waals surface area contributed by atoms with E-state index in [0.717, 1.165) is 5.16 Å². The van der Waals surface area contributed by atoms with Gasteiger partial charge in [-0.3, -0.25) is 4.79 Å². The third-order valence-electron chi connectivity index (χ3n) is 2.29. The molecule has 1 heterocycles. The molecule has 0 aromatic carbocycles. The number of aromatic nitrogens is 3. The second kappa shape index (κ2) is 5.55. The summed E-state index contributed by atoms with van der Waals surface area (Å²) in [5, 5.41) is 11.7. The van der Waals surface area contributed by atoms with Gasteiger partial charge in [0.1, 0.15) is 6.33 Å². The molecule has 1 aromatic heterocycles. The van der Waals surface area contributed by atoms with E-state index in [2.05, 4.69) is 22.1 Å². The molecular formula is C10H13ClN4OS. The van der Waals surface area contributed by atoms with Crippen LogP contribution >= 0.6 is 23.4 Å². The Labute approximate surface area is 109 Å². The SMILES string of the molecule is C=C(Cl)CNC(=O)CSc1nncn1C1CC1. The van der Waals surface area contributed by atoms with Crippen LogP contribution in [-0.2, 0) is 4.79 Å². The molecule has 1 N–H and O–H groups in total. The predicted octanol–water partition coefficient (Wildman–Crippen LogP) is 1.57. The third-order valence-corrected chi connectivity index (χ3v) is 3.38. The molecule has 0 bridgehead atoms. The highest BCUT2D eigenvalue weighted by molar-refractivity contribution is 7.99. The van der Waals surface area contributed by atoms with Gasteiger partial charge in [-0.2, -0.15) is 0 Å². The number of carbonyl (C=O) groups is 1. The van der Waals surface area contributed by atoms with Crippen molar-refractivity contribution in [2.75, 3.05) is 12.3 Å². The number of thioether (sulfide) groups is 1. The largest absolute Gasteiger partial charge is 0.350 e. The van der Waals surface area contributed by atoms with Crippen molar-refractivity contribution in [2.24, 2.45) is 0 Å². The van der Waals surface area contributed by atoms with E-state index in [1.54, 1.807) is 6.33 Å². The zero-order valence-corrected chi connectivity index (χ0v) is 10.8. The Morgan fingerprint density at radius 1 is 1.71 bits per heavy atom. The maximum atomic E-state index is 11.5. The lowest BCUT2D eigenvalue weighted by Crippen LogP contribution is -2.26. The molecule has 0 saturated heterocycles. The number of nitrogens with zero attached hydrogens (tertiary/aromatic N) is 3. The number of rotatable bonds is 6. The van der Waals surface area contributed by atoms with Crippen molar-refractivity contribution < 1.29 is 4.79 Å². The van der Waals surface area contributed by atoms with Gasteiger partial charge in [0.2, 0.25) is 5.91 Å². The lowest BCUT2D eigenvalue weighted by molar-refractivity contribution is -0.118. The zero-order valence-electron chi connectivity index (χ0n) is 9.23. The number of hydrogen-bond acceptors (Lipinski definition) is 4. The van der Waals surface area contributed by atoms with Crippen molar-refractivity contribution in [1.82, 2.24) is 20.1 Å². The highest BCUT2D eigenvalue weighted by atomic mass is 35.5. The number of amides is 1. The zero-order chi connectivity index (χ0) is 12.3. The monoisotopic (exact) mass is 272 g/mol. The van der Waals surface area contributed by atoms with Gasteiger partial charge in [0.15, 0.2) is 5.16 Å². The van der Waals surface area contributed by atoms with E-state index in [1.807, 2.05) is 4.57 Å². The van der Waals surface area contributed by atoms with Gasteiger partial charge in [0.05, 0.1) is 12.3 Å². The maximum absolute atomic E-state index is 11.5. The van der Waals surface area contributed by atoms with Crippen LogP contribution in [0.1, 0.15) is 18.9 Å². The van der Waals surface area contributed by atoms with Gasteiger partial charge < -0.3 is 9.88 Å². The summed E-state index contributed by atoms with van der Waals surface area (Å²) >= 11 is 6.94. The van der Waals surface area contributed by atoms with Crippen LogP contribution in [0.4, 0.5) is 0 Å². The average Bonchev–Trinajstić information content (AvgIpc) is 3.03. The van der Waals surface area contributed by atoms with Crippen molar-refractivity contribution in [3.63, 3.8) is 0 Å². The van der Waals surface area contributed by atoms with Crippen molar-refractivity contribution in [1.29, 1.82) is 0 Å². The fourth-order valence-electron chi connectivity index (χ4n) is 1.31. The van der Waals surface area contributed by atoms with Gasteiger partial charge in [-0.25, -0.2) is 0 Å². The molecule has 1 aliphatic rings. The van der Waals surface area contributed by atoms with Gasteiger partial charge in [0.25, 0.3) is 0 Å². The smallest absolute Gasteiger partial charge is 0.230 e. The Bertz CT molecular complexity index is 430. The summed E-state index contributed by atoms with van der Waals surface area (Å²) in [5.41, 5.74) is 0. The van der Waals surface area contributed by atoms with E-state index >= 15 is 0 Å². The van der Waals surface area contributed by atoms with Gasteiger partial charge in [-0.15, -0.1) is 10.2 Å². The minimum Gasteiger partial charge on any atom is -0.350 e. The summed E-state index contributed by atoms with van der Waals surface area (Å²) in [4.78, 5) is 11.5. The summed E-state index contributed by atoms with van der Waals surface area (Å²) in [6.45, 7) is 3.80. The maximum Gasteiger partial charge on any atom is 0.230 e. The summed E-state index contributed by atoms with van der Waals surface area (Å²) in [6.07, 6.45) is 4.06. The molecule has 5 nitrogen and oxygen atoms in total. The average molecular weight is 273 g/mol. The summed E-state index contributed by atoms with van der Waals surface area (Å²) in [7, 11) is 0. The number of carbonyl (C=O) groups excluding carboxylic acids is 1. The molecule has 1 saturated carbocycles. The number of halogens is 1. The Hall–Kier alpha value is -1.01. The van der Waals surface area contributed by atoms with Crippen molar-refractivity contribution in [3.05, 3.63) is 17.9 Å². The topological polar surface area (TPSA) is 59.8 Å². The van der Waals surface area contributed by atoms with Crippen LogP contribution in [0.2, 0.25) is 0 Å². The van der Waals surface area contributed by atoms with Gasteiger partial charge in [-0.05, 0) is 12.8 Å². The van der Waals surface area contributed by atoms with E-state index in [9.17, 15) is 4.79 Å². The van der Waals surface area contributed by atoms with E-state index in [-0.39, 0.29) is 5.91 Å². The first-order valence-corrected chi connectivity index (χ1v) is 6.65. The molecule has 92 valence electrons. The molecule has 1 amide bonds. The number of hydrogen-bond donors (Lipinski definition) is 1. The first kappa shape index (κ1) is 12.4. The van der Waals surface area contributed by atoms with Crippen LogP contribution in [0.3, 0.4) is 0 Å². The highest BCUT2D eigenvalue weighted by Gasteiger charge is 2.26. The Morgan fingerprint density at radius 3 is 3.12 bits per heavy atom. The van der Waals surface area contributed by atoms with Crippen molar-refractivity contribution >= 4 is 29.3 Å². The minimum absolute atomic E-state index is 0.0813. The normalized spacial score (nSPS) is 14.6. The molecule has 0 spiro atoms. The first-order valence-electron chi connectivity index (χ1n) is 5.29. The van der Waals surface area contributed by atoms with Crippen molar-refractivity contribution in [3.8, 4) is 0 Å². The molecule has 1 aliphatic carbocycles. The van der Waals surface area contributed by atoms with E-state index < -0.39 is 0 Å². The van der Waals surface area contributed by atoms with Crippen LogP contribution < -0.4 is 5.32 Å². The van der Waals surface area contributed by atoms with Crippen LogP contribution in [-0.4, -0.2) is 33.0 Å². The summed E-state index contributed by atoms with van der Waals surface area (Å²) in [6, 6.07) is 0.526. The Balaban J connectivity index is 1.78. The molecule has 0 aliphatic heterocycles. The molecule has 7 heteroatoms. The molecule has 1 fully saturated rings. The second-order valence-electron chi connectivity index (χ2n) is 3.83. The summed E-state index contributed by atoms with van der Waals surface area (Å²) < 4.78 is 2.03. The first-order chi connectivity index (χ1) is 8.16. The lowest BCUT2D eigenvalue weighted by atomic mass is 10.6. The van der Waals surface area contributed by atoms with E-state index in [0.29, 0.717) is 23.4 Å². The Morgan fingerprint density at radius 2 is 2.47 bits per heavy atom. The summed E-state index contributed by atoms with van der Waals surface area (Å²) in [5.74, 6) is 0.234. The van der Waals surface area contributed by atoms with Gasteiger partial charge in [0, 0.05) is 11.1 Å². The fraction of sp³-hybridized carbons (Fsp3) is 0.500. The van der Waals surface area contributed by atoms with Crippen LogP contribution in [0.5, 0.6) is 0 Å². The fourth-order valence-corrected chi connectivity index (χ4v) is 2.19. The van der Waals surface area contributed by atoms with Crippen LogP contribution in [0, 0.1) is 0 Å². The minimum atomic E-state index is -0.0813. The highest BCUT2D eigenvalue weighted by Crippen LogP contribution is 2.37. The van der Waals surface area contributed by atoms with E-state index in [4.69, 9.17) is 11.6 Å². The van der Waals surface area contributed by atoms with E-state index in [1.165, 1.54) is 24.6 Å². The third kappa shape index (κ3) is 3.74. The predicted molar refractivity (Wildman–Crippen MR) is 67.0 cm³/mol. The van der Waals surface area contributed by atoms with Crippen LogP contribution in [0.25, 0.3) is 0 Å². The molecule has 0 unspecified atom stereocenters. The quantitative estimate of drug-likeness (QED) is 0.799. The molecule has 2 rings (SSSR count). The number of nitrogens with one attached hydrogen (secondary N) is 1. The standard InChI is InChI=1S/C10H13ClN4OS/c1-7(11)4-12-9(16)5-17-10-14-13-6-15(10)8-2-3-8/h6,8H,1-5H2,(H,12,16).